The molecule has 0 aliphatic carbocycles. The SMILES string of the molecule is Cc1cccc(-c2nc(-c3ccc(F)cc3)nc(-c3ccc(F)cc3)n2)c1. The van der Waals surface area contributed by atoms with Crippen LogP contribution in [0.5, 0.6) is 0 Å². The highest BCUT2D eigenvalue weighted by molar-refractivity contribution is 5.66. The Kier molecular flexibility index (Phi) is 4.42. The summed E-state index contributed by atoms with van der Waals surface area (Å²) in [4.78, 5) is 13.7. The Balaban J connectivity index is 1.90. The van der Waals surface area contributed by atoms with Gasteiger partial charge in [-0.15, -0.1) is 0 Å². The van der Waals surface area contributed by atoms with Gasteiger partial charge in [0.15, 0.2) is 17.5 Å². The maximum Gasteiger partial charge on any atom is 0.164 e. The lowest BCUT2D eigenvalue weighted by Gasteiger charge is -2.08. The highest BCUT2D eigenvalue weighted by Crippen LogP contribution is 2.25. The summed E-state index contributed by atoms with van der Waals surface area (Å²) in [5.74, 6) is 0.713. The molecule has 1 aromatic heterocycles. The maximum absolute atomic E-state index is 13.3. The normalized spacial score (nSPS) is 10.8. The molecular formula is C22H15F2N3. The third-order valence-corrected chi connectivity index (χ3v) is 4.12. The number of rotatable bonds is 3. The van der Waals surface area contributed by atoms with Gasteiger partial charge in [-0.05, 0) is 61.5 Å². The summed E-state index contributed by atoms with van der Waals surface area (Å²) in [6, 6.07) is 19.8. The van der Waals surface area contributed by atoms with Crippen molar-refractivity contribution in [1.29, 1.82) is 0 Å². The first kappa shape index (κ1) is 17.0. The van der Waals surface area contributed by atoms with E-state index in [0.29, 0.717) is 28.6 Å². The third kappa shape index (κ3) is 3.72. The Bertz CT molecular complexity index is 1030. The molecule has 132 valence electrons. The van der Waals surface area contributed by atoms with Gasteiger partial charge in [0.1, 0.15) is 11.6 Å². The van der Waals surface area contributed by atoms with Crippen molar-refractivity contribution in [3.63, 3.8) is 0 Å². The number of aromatic nitrogens is 3. The number of aryl methyl sites for hydroxylation is 1. The lowest BCUT2D eigenvalue weighted by Crippen LogP contribution is -2.00. The largest absolute Gasteiger partial charge is 0.208 e. The fourth-order valence-electron chi connectivity index (χ4n) is 2.75. The minimum atomic E-state index is -0.328. The first-order valence-corrected chi connectivity index (χ1v) is 8.43. The van der Waals surface area contributed by atoms with Crippen molar-refractivity contribution in [3.8, 4) is 34.2 Å². The van der Waals surface area contributed by atoms with Crippen LogP contribution in [-0.4, -0.2) is 15.0 Å². The van der Waals surface area contributed by atoms with Crippen LogP contribution in [0.15, 0.2) is 72.8 Å². The zero-order valence-corrected chi connectivity index (χ0v) is 14.5. The maximum atomic E-state index is 13.3. The van der Waals surface area contributed by atoms with Crippen LogP contribution in [0.1, 0.15) is 5.56 Å². The van der Waals surface area contributed by atoms with E-state index in [1.807, 2.05) is 31.2 Å². The van der Waals surface area contributed by atoms with Crippen LogP contribution in [-0.2, 0) is 0 Å². The summed E-state index contributed by atoms with van der Waals surface area (Å²) in [5, 5.41) is 0. The number of benzene rings is 3. The van der Waals surface area contributed by atoms with Crippen molar-refractivity contribution >= 4 is 0 Å². The van der Waals surface area contributed by atoms with Gasteiger partial charge in [0, 0.05) is 16.7 Å². The predicted octanol–water partition coefficient (Wildman–Crippen LogP) is 5.46. The topological polar surface area (TPSA) is 38.7 Å². The minimum absolute atomic E-state index is 0.328. The van der Waals surface area contributed by atoms with Crippen molar-refractivity contribution in [2.24, 2.45) is 0 Å². The van der Waals surface area contributed by atoms with Crippen molar-refractivity contribution in [1.82, 2.24) is 15.0 Å². The number of hydrogen-bond donors (Lipinski definition) is 0. The van der Waals surface area contributed by atoms with Crippen molar-refractivity contribution < 1.29 is 8.78 Å². The van der Waals surface area contributed by atoms with Crippen molar-refractivity contribution in [3.05, 3.63) is 90.0 Å². The molecule has 3 aromatic carbocycles. The Morgan fingerprint density at radius 3 is 1.44 bits per heavy atom. The molecule has 0 saturated heterocycles. The summed E-state index contributed by atoms with van der Waals surface area (Å²) in [6.45, 7) is 1.99. The van der Waals surface area contributed by atoms with E-state index in [2.05, 4.69) is 15.0 Å². The standard InChI is InChI=1S/C22H15F2N3/c1-14-3-2-4-17(13-14)22-26-20(15-5-9-18(23)10-6-15)25-21(27-22)16-7-11-19(24)12-8-16/h2-13H,1H3. The Hall–Kier alpha value is -3.47. The zero-order chi connectivity index (χ0) is 18.8. The van der Waals surface area contributed by atoms with Gasteiger partial charge in [0.2, 0.25) is 0 Å². The third-order valence-electron chi connectivity index (χ3n) is 4.12. The summed E-state index contributed by atoms with van der Waals surface area (Å²) >= 11 is 0. The summed E-state index contributed by atoms with van der Waals surface area (Å²) in [5.41, 5.74) is 3.29. The first-order valence-electron chi connectivity index (χ1n) is 8.43. The van der Waals surface area contributed by atoms with E-state index in [1.54, 1.807) is 24.3 Å². The van der Waals surface area contributed by atoms with Gasteiger partial charge >= 0.3 is 0 Å². The highest BCUT2D eigenvalue weighted by atomic mass is 19.1. The van der Waals surface area contributed by atoms with Crippen LogP contribution < -0.4 is 0 Å². The average Bonchev–Trinajstić information content (AvgIpc) is 2.69. The second-order valence-electron chi connectivity index (χ2n) is 6.19. The molecule has 5 heteroatoms. The van der Waals surface area contributed by atoms with Crippen LogP contribution in [0.4, 0.5) is 8.78 Å². The van der Waals surface area contributed by atoms with E-state index in [0.717, 1.165) is 11.1 Å². The van der Waals surface area contributed by atoms with E-state index < -0.39 is 0 Å². The molecule has 0 spiro atoms. The molecular weight excluding hydrogens is 344 g/mol. The van der Waals surface area contributed by atoms with Gasteiger partial charge in [-0.2, -0.15) is 0 Å². The molecule has 0 bridgehead atoms. The lowest BCUT2D eigenvalue weighted by molar-refractivity contribution is 0.627. The van der Waals surface area contributed by atoms with E-state index in [9.17, 15) is 8.78 Å². The molecule has 1 heterocycles. The zero-order valence-electron chi connectivity index (χ0n) is 14.5. The Morgan fingerprint density at radius 1 is 0.556 bits per heavy atom. The minimum Gasteiger partial charge on any atom is -0.208 e. The molecule has 0 N–H and O–H groups in total. The van der Waals surface area contributed by atoms with Gasteiger partial charge < -0.3 is 0 Å². The number of halogens is 2. The number of hydrogen-bond acceptors (Lipinski definition) is 3. The highest BCUT2D eigenvalue weighted by Gasteiger charge is 2.12. The molecule has 0 aliphatic rings. The molecule has 4 rings (SSSR count). The molecule has 0 amide bonds. The van der Waals surface area contributed by atoms with Crippen LogP contribution >= 0.6 is 0 Å². The van der Waals surface area contributed by atoms with Crippen LogP contribution in [0.25, 0.3) is 34.2 Å². The van der Waals surface area contributed by atoms with Crippen molar-refractivity contribution in [2.75, 3.05) is 0 Å². The van der Waals surface area contributed by atoms with Gasteiger partial charge in [0.05, 0.1) is 0 Å². The molecule has 3 nitrogen and oxygen atoms in total. The summed E-state index contributed by atoms with van der Waals surface area (Å²) in [6.07, 6.45) is 0. The fourth-order valence-corrected chi connectivity index (χ4v) is 2.75. The van der Waals surface area contributed by atoms with Gasteiger partial charge in [-0.25, -0.2) is 23.7 Å². The van der Waals surface area contributed by atoms with E-state index >= 15 is 0 Å². The van der Waals surface area contributed by atoms with Crippen LogP contribution in [0, 0.1) is 18.6 Å². The summed E-state index contributed by atoms with van der Waals surface area (Å²) < 4.78 is 26.6. The monoisotopic (exact) mass is 359 g/mol. The Labute approximate surface area is 155 Å². The lowest BCUT2D eigenvalue weighted by atomic mass is 10.1. The Morgan fingerprint density at radius 2 is 1.00 bits per heavy atom. The molecule has 0 radical (unpaired) electrons. The van der Waals surface area contributed by atoms with E-state index in [1.165, 1.54) is 24.3 Å². The molecule has 0 fully saturated rings. The van der Waals surface area contributed by atoms with Crippen LogP contribution in [0.2, 0.25) is 0 Å². The summed E-state index contributed by atoms with van der Waals surface area (Å²) in [7, 11) is 0. The molecule has 0 aliphatic heterocycles. The van der Waals surface area contributed by atoms with Crippen LogP contribution in [0.3, 0.4) is 0 Å². The van der Waals surface area contributed by atoms with Crippen molar-refractivity contribution in [2.45, 2.75) is 6.92 Å². The second-order valence-corrected chi connectivity index (χ2v) is 6.19. The molecule has 4 aromatic rings. The average molecular weight is 359 g/mol. The van der Waals surface area contributed by atoms with Gasteiger partial charge in [-0.3, -0.25) is 0 Å². The first-order chi connectivity index (χ1) is 13.1. The number of nitrogens with zero attached hydrogens (tertiary/aromatic N) is 3. The quantitative estimate of drug-likeness (QED) is 0.488. The van der Waals surface area contributed by atoms with E-state index in [4.69, 9.17) is 0 Å². The molecule has 27 heavy (non-hydrogen) atoms. The smallest absolute Gasteiger partial charge is 0.164 e. The molecule has 0 unspecified atom stereocenters. The second kappa shape index (κ2) is 7.03. The predicted molar refractivity (Wildman–Crippen MR) is 101 cm³/mol. The van der Waals surface area contributed by atoms with E-state index in [-0.39, 0.29) is 11.6 Å². The fraction of sp³-hybridized carbons (Fsp3) is 0.0455. The van der Waals surface area contributed by atoms with Gasteiger partial charge in [-0.1, -0.05) is 23.8 Å². The molecule has 0 atom stereocenters. The molecule has 0 saturated carbocycles. The van der Waals surface area contributed by atoms with Gasteiger partial charge in [0.25, 0.3) is 0 Å².